The molecule has 1 aliphatic rings. The molecule has 9 heteroatoms. The van der Waals surface area contributed by atoms with Crippen molar-refractivity contribution in [3.05, 3.63) is 27.1 Å². The fraction of sp³-hybridized carbons (Fsp3) is 0.529. The van der Waals surface area contributed by atoms with Gasteiger partial charge in [-0.15, -0.1) is 16.4 Å². The molecule has 140 valence electrons. The van der Waals surface area contributed by atoms with Crippen LogP contribution in [0.3, 0.4) is 0 Å². The third kappa shape index (κ3) is 4.46. The first-order valence-electron chi connectivity index (χ1n) is 8.79. The maximum absolute atomic E-state index is 12.8. The average Bonchev–Trinajstić information content (AvgIpc) is 3.29. The average molecular weight is 395 g/mol. The molecule has 0 atom stereocenters. The lowest BCUT2D eigenvalue weighted by atomic mass is 9.95. The van der Waals surface area contributed by atoms with E-state index in [4.69, 9.17) is 4.74 Å². The summed E-state index contributed by atoms with van der Waals surface area (Å²) in [7, 11) is 0. The van der Waals surface area contributed by atoms with Gasteiger partial charge in [-0.3, -0.25) is 9.59 Å². The molecule has 0 aliphatic heterocycles. The summed E-state index contributed by atoms with van der Waals surface area (Å²) < 4.78 is 9.01. The van der Waals surface area contributed by atoms with E-state index in [9.17, 15) is 9.59 Å². The number of aryl methyl sites for hydroxylation is 1. The van der Waals surface area contributed by atoms with Gasteiger partial charge in [-0.05, 0) is 56.1 Å². The lowest BCUT2D eigenvalue weighted by molar-refractivity contribution is 0.0944. The predicted molar refractivity (Wildman–Crippen MR) is 102 cm³/mol. The molecule has 0 spiro atoms. The molecule has 7 nitrogen and oxygen atoms in total. The second-order valence-electron chi connectivity index (χ2n) is 5.97. The van der Waals surface area contributed by atoms with Crippen molar-refractivity contribution >= 4 is 39.7 Å². The van der Waals surface area contributed by atoms with Crippen LogP contribution in [0.2, 0.25) is 0 Å². The molecule has 2 aromatic heterocycles. The molecule has 0 saturated carbocycles. The summed E-state index contributed by atoms with van der Waals surface area (Å²) >= 11 is 2.63. The Balaban J connectivity index is 1.75. The molecule has 1 aliphatic carbocycles. The van der Waals surface area contributed by atoms with Crippen LogP contribution in [-0.4, -0.2) is 41.2 Å². The van der Waals surface area contributed by atoms with Gasteiger partial charge in [0.1, 0.15) is 5.00 Å². The Labute approximate surface area is 160 Å². The topological polar surface area (TPSA) is 93.2 Å². The predicted octanol–water partition coefficient (Wildman–Crippen LogP) is 2.89. The Bertz CT molecular complexity index is 758. The van der Waals surface area contributed by atoms with Crippen LogP contribution in [0.4, 0.5) is 5.00 Å². The summed E-state index contributed by atoms with van der Waals surface area (Å²) in [4.78, 5) is 26.3. The van der Waals surface area contributed by atoms with E-state index >= 15 is 0 Å². The number of rotatable bonds is 8. The Morgan fingerprint density at radius 2 is 2.12 bits per heavy atom. The van der Waals surface area contributed by atoms with E-state index in [-0.39, 0.29) is 17.5 Å². The highest BCUT2D eigenvalue weighted by molar-refractivity contribution is 7.17. The first-order valence-corrected chi connectivity index (χ1v) is 10.4. The van der Waals surface area contributed by atoms with E-state index in [0.717, 1.165) is 49.2 Å². The molecule has 26 heavy (non-hydrogen) atoms. The van der Waals surface area contributed by atoms with Gasteiger partial charge in [0.05, 0.1) is 5.56 Å². The van der Waals surface area contributed by atoms with Gasteiger partial charge in [0.15, 0.2) is 5.69 Å². The van der Waals surface area contributed by atoms with Crippen LogP contribution in [0.25, 0.3) is 0 Å². The van der Waals surface area contributed by atoms with Gasteiger partial charge < -0.3 is 15.4 Å². The number of carbonyl (C=O) groups is 2. The molecule has 2 N–H and O–H groups in total. The zero-order valence-electron chi connectivity index (χ0n) is 14.7. The van der Waals surface area contributed by atoms with Gasteiger partial charge in [-0.25, -0.2) is 0 Å². The van der Waals surface area contributed by atoms with Gasteiger partial charge in [0.25, 0.3) is 11.8 Å². The van der Waals surface area contributed by atoms with Gasteiger partial charge >= 0.3 is 0 Å². The molecule has 0 aromatic carbocycles. The number of hydrogen-bond acceptors (Lipinski definition) is 7. The van der Waals surface area contributed by atoms with Crippen molar-refractivity contribution < 1.29 is 14.3 Å². The van der Waals surface area contributed by atoms with E-state index in [1.165, 1.54) is 16.2 Å². The van der Waals surface area contributed by atoms with Crippen molar-refractivity contribution in [2.24, 2.45) is 0 Å². The molecule has 0 fully saturated rings. The smallest absolute Gasteiger partial charge is 0.277 e. The molecular formula is C17H22N4O3S2. The molecule has 0 radical (unpaired) electrons. The van der Waals surface area contributed by atoms with Crippen molar-refractivity contribution in [1.82, 2.24) is 14.9 Å². The minimum Gasteiger partial charge on any atom is -0.382 e. The van der Waals surface area contributed by atoms with Crippen LogP contribution in [0.1, 0.15) is 57.5 Å². The summed E-state index contributed by atoms with van der Waals surface area (Å²) in [6.07, 6.45) is 4.78. The number of hydrogen-bond donors (Lipinski definition) is 2. The number of thiophene rings is 1. The van der Waals surface area contributed by atoms with E-state index in [1.54, 1.807) is 5.38 Å². The summed E-state index contributed by atoms with van der Waals surface area (Å²) in [6, 6.07) is 0. The highest BCUT2D eigenvalue weighted by Gasteiger charge is 2.26. The zero-order chi connectivity index (χ0) is 18.4. The van der Waals surface area contributed by atoms with Crippen molar-refractivity contribution in [2.45, 2.75) is 39.0 Å². The summed E-state index contributed by atoms with van der Waals surface area (Å²) in [6.45, 7) is 3.79. The van der Waals surface area contributed by atoms with E-state index in [0.29, 0.717) is 30.3 Å². The quantitative estimate of drug-likeness (QED) is 0.672. The normalized spacial score (nSPS) is 13.3. The summed E-state index contributed by atoms with van der Waals surface area (Å²) in [5, 5.41) is 11.8. The van der Waals surface area contributed by atoms with Gasteiger partial charge in [-0.1, -0.05) is 4.49 Å². The van der Waals surface area contributed by atoms with Gasteiger partial charge in [0.2, 0.25) is 0 Å². The number of carbonyl (C=O) groups excluding carboxylic acids is 2. The van der Waals surface area contributed by atoms with Crippen molar-refractivity contribution in [3.63, 3.8) is 0 Å². The van der Waals surface area contributed by atoms with E-state index in [2.05, 4.69) is 20.2 Å². The molecule has 2 amide bonds. The maximum Gasteiger partial charge on any atom is 0.277 e. The van der Waals surface area contributed by atoms with Crippen LogP contribution >= 0.6 is 22.9 Å². The summed E-state index contributed by atoms with van der Waals surface area (Å²) in [5.74, 6) is -0.463. The molecular weight excluding hydrogens is 372 g/mol. The number of fused-ring (bicyclic) bond motifs is 1. The lowest BCUT2D eigenvalue weighted by Crippen LogP contribution is -2.27. The van der Waals surface area contributed by atoms with Crippen molar-refractivity contribution in [3.8, 4) is 0 Å². The molecule has 0 bridgehead atoms. The first-order chi connectivity index (χ1) is 12.7. The number of ether oxygens (including phenoxy) is 1. The van der Waals surface area contributed by atoms with Gasteiger partial charge in [-0.2, -0.15) is 0 Å². The number of amides is 2. The highest BCUT2D eigenvalue weighted by atomic mass is 32.1. The van der Waals surface area contributed by atoms with Crippen LogP contribution in [0.15, 0.2) is 5.38 Å². The van der Waals surface area contributed by atoms with Crippen molar-refractivity contribution in [2.75, 3.05) is 25.1 Å². The Morgan fingerprint density at radius 1 is 1.27 bits per heavy atom. The fourth-order valence-corrected chi connectivity index (χ4v) is 4.65. The molecule has 0 unspecified atom stereocenters. The van der Waals surface area contributed by atoms with Crippen LogP contribution in [0.5, 0.6) is 0 Å². The minimum atomic E-state index is -0.331. The SMILES string of the molecule is CCOCCCNC(=O)c1c(NC(=O)c2csnn2)sc2c1CCCC2. The van der Waals surface area contributed by atoms with E-state index in [1.807, 2.05) is 6.92 Å². The highest BCUT2D eigenvalue weighted by Crippen LogP contribution is 2.38. The number of nitrogens with zero attached hydrogens (tertiary/aromatic N) is 2. The largest absolute Gasteiger partial charge is 0.382 e. The number of aromatic nitrogens is 2. The first kappa shape index (κ1) is 18.9. The monoisotopic (exact) mass is 394 g/mol. The van der Waals surface area contributed by atoms with E-state index < -0.39 is 0 Å². The standard InChI is InChI=1S/C17H22N4O3S2/c1-2-24-9-5-8-18-16(23)14-11-6-3-4-7-13(11)26-17(14)19-15(22)12-10-25-21-20-12/h10H,2-9H2,1H3,(H,18,23)(H,19,22). The minimum absolute atomic E-state index is 0.132. The molecule has 2 heterocycles. The van der Waals surface area contributed by atoms with Crippen LogP contribution in [-0.2, 0) is 17.6 Å². The molecule has 0 saturated heterocycles. The zero-order valence-corrected chi connectivity index (χ0v) is 16.3. The van der Waals surface area contributed by atoms with Crippen LogP contribution < -0.4 is 10.6 Å². The second-order valence-corrected chi connectivity index (χ2v) is 7.68. The summed E-state index contributed by atoms with van der Waals surface area (Å²) in [5.41, 5.74) is 1.96. The number of anilines is 1. The Morgan fingerprint density at radius 3 is 2.88 bits per heavy atom. The lowest BCUT2D eigenvalue weighted by Gasteiger charge is -2.13. The van der Waals surface area contributed by atoms with Gasteiger partial charge in [0, 0.05) is 30.0 Å². The number of nitrogens with one attached hydrogen (secondary N) is 2. The fourth-order valence-electron chi connectivity index (χ4n) is 2.93. The van der Waals surface area contributed by atoms with Crippen LogP contribution in [0, 0.1) is 0 Å². The maximum atomic E-state index is 12.8. The Hall–Kier alpha value is -1.84. The second kappa shape index (κ2) is 9.20. The third-order valence-electron chi connectivity index (χ3n) is 4.17. The molecule has 2 aromatic rings. The Kier molecular flexibility index (Phi) is 6.70. The van der Waals surface area contributed by atoms with Crippen molar-refractivity contribution in [1.29, 1.82) is 0 Å². The molecule has 3 rings (SSSR count). The third-order valence-corrected chi connectivity index (χ3v) is 5.89.